The molecule has 0 saturated carbocycles. The highest BCUT2D eigenvalue weighted by Crippen LogP contribution is 2.32. The highest BCUT2D eigenvalue weighted by Gasteiger charge is 2.12. The van der Waals surface area contributed by atoms with Gasteiger partial charge in [0.15, 0.2) is 0 Å². The van der Waals surface area contributed by atoms with Crippen LogP contribution >= 0.6 is 11.3 Å². The number of benzene rings is 1. The van der Waals surface area contributed by atoms with E-state index >= 15 is 0 Å². The number of nitrogens with zero attached hydrogens (tertiary/aromatic N) is 1. The molecule has 0 spiro atoms. The lowest BCUT2D eigenvalue weighted by Crippen LogP contribution is -2.26. The van der Waals surface area contributed by atoms with E-state index < -0.39 is 0 Å². The highest BCUT2D eigenvalue weighted by atomic mass is 32.1. The van der Waals surface area contributed by atoms with Crippen LogP contribution in [0.15, 0.2) is 29.6 Å². The number of hydrogen-bond acceptors (Lipinski definition) is 4. The molecule has 0 unspecified atom stereocenters. The van der Waals surface area contributed by atoms with Crippen LogP contribution in [0.25, 0.3) is 0 Å². The Morgan fingerprint density at radius 3 is 2.83 bits per heavy atom. The number of rotatable bonds is 4. The van der Waals surface area contributed by atoms with Gasteiger partial charge >= 0.3 is 0 Å². The summed E-state index contributed by atoms with van der Waals surface area (Å²) in [4.78, 5) is 1.12. The van der Waals surface area contributed by atoms with Crippen LogP contribution in [0, 0.1) is 12.7 Å². The Bertz CT molecular complexity index is 526. The van der Waals surface area contributed by atoms with Crippen molar-refractivity contribution in [3.63, 3.8) is 0 Å². The van der Waals surface area contributed by atoms with Gasteiger partial charge in [0.2, 0.25) is 0 Å². The lowest BCUT2D eigenvalue weighted by Gasteiger charge is -2.19. The molecule has 0 atom stereocenters. The first kappa shape index (κ1) is 12.9. The highest BCUT2D eigenvalue weighted by molar-refractivity contribution is 7.09. The van der Waals surface area contributed by atoms with Gasteiger partial charge in [0.05, 0.1) is 5.69 Å². The van der Waals surface area contributed by atoms with Crippen LogP contribution in [0.2, 0.25) is 0 Å². The van der Waals surface area contributed by atoms with Crippen LogP contribution < -0.4 is 15.6 Å². The fourth-order valence-electron chi connectivity index (χ4n) is 1.70. The number of halogens is 1. The summed E-state index contributed by atoms with van der Waals surface area (Å²) in [5.74, 6) is 5.99. The van der Waals surface area contributed by atoms with Crippen molar-refractivity contribution in [1.82, 2.24) is 0 Å². The molecule has 96 valence electrons. The molecule has 0 radical (unpaired) electrons. The molecule has 1 aromatic heterocycles. The summed E-state index contributed by atoms with van der Waals surface area (Å²) >= 11 is 1.62. The molecule has 2 aromatic rings. The first-order valence-electron chi connectivity index (χ1n) is 5.51. The van der Waals surface area contributed by atoms with Crippen molar-refractivity contribution >= 4 is 17.0 Å². The van der Waals surface area contributed by atoms with E-state index in [-0.39, 0.29) is 5.82 Å². The zero-order valence-electron chi connectivity index (χ0n) is 10.3. The second-order valence-corrected chi connectivity index (χ2v) is 5.08. The molecule has 2 N–H and O–H groups in total. The minimum atomic E-state index is -0.316. The van der Waals surface area contributed by atoms with Crippen LogP contribution in [0.4, 0.5) is 10.1 Å². The lowest BCUT2D eigenvalue weighted by atomic mass is 10.2. The van der Waals surface area contributed by atoms with Crippen molar-refractivity contribution < 1.29 is 9.13 Å². The van der Waals surface area contributed by atoms with E-state index in [9.17, 15) is 4.39 Å². The molecule has 2 rings (SSSR count). The van der Waals surface area contributed by atoms with Crippen LogP contribution in [0.3, 0.4) is 0 Å². The van der Waals surface area contributed by atoms with Crippen molar-refractivity contribution in [3.05, 3.63) is 45.9 Å². The molecule has 0 saturated heterocycles. The maximum atomic E-state index is 13.3. The SMILES string of the molecule is Cc1cc(F)cc(N(C)N)c1OCc1cccs1. The predicted octanol–water partition coefficient (Wildman–Crippen LogP) is 3.08. The summed E-state index contributed by atoms with van der Waals surface area (Å²) in [5.41, 5.74) is 1.28. The summed E-state index contributed by atoms with van der Waals surface area (Å²) in [5, 5.41) is 3.35. The molecule has 1 aromatic carbocycles. The van der Waals surface area contributed by atoms with E-state index in [1.807, 2.05) is 17.5 Å². The van der Waals surface area contributed by atoms with Gasteiger partial charge in [0.1, 0.15) is 18.2 Å². The van der Waals surface area contributed by atoms with Crippen molar-refractivity contribution in [3.8, 4) is 5.75 Å². The standard InChI is InChI=1S/C13H15FN2OS/c1-9-6-10(14)7-12(16(2)15)13(9)17-8-11-4-3-5-18-11/h3-7H,8,15H2,1-2H3. The van der Waals surface area contributed by atoms with Gasteiger partial charge in [-0.2, -0.15) is 0 Å². The zero-order chi connectivity index (χ0) is 13.1. The molecular formula is C13H15FN2OS. The molecule has 0 aliphatic heterocycles. The maximum Gasteiger partial charge on any atom is 0.147 e. The summed E-state index contributed by atoms with van der Waals surface area (Å²) in [6, 6.07) is 6.78. The van der Waals surface area contributed by atoms with Gasteiger partial charge in [0, 0.05) is 18.0 Å². The minimum Gasteiger partial charge on any atom is -0.486 e. The molecule has 0 bridgehead atoms. The third kappa shape index (κ3) is 2.80. The van der Waals surface area contributed by atoms with Gasteiger partial charge in [-0.1, -0.05) is 6.07 Å². The largest absolute Gasteiger partial charge is 0.486 e. The maximum absolute atomic E-state index is 13.3. The monoisotopic (exact) mass is 266 g/mol. The number of aryl methyl sites for hydroxylation is 1. The van der Waals surface area contributed by atoms with Crippen LogP contribution in [0.5, 0.6) is 5.75 Å². The zero-order valence-corrected chi connectivity index (χ0v) is 11.1. The van der Waals surface area contributed by atoms with Gasteiger partial charge < -0.3 is 9.75 Å². The molecule has 1 heterocycles. The molecule has 0 aliphatic carbocycles. The Hall–Kier alpha value is -1.59. The van der Waals surface area contributed by atoms with E-state index in [0.717, 1.165) is 10.4 Å². The lowest BCUT2D eigenvalue weighted by molar-refractivity contribution is 0.307. The molecule has 0 amide bonds. The smallest absolute Gasteiger partial charge is 0.147 e. The second kappa shape index (κ2) is 5.37. The first-order valence-corrected chi connectivity index (χ1v) is 6.39. The summed E-state index contributed by atoms with van der Waals surface area (Å²) in [6.45, 7) is 2.27. The van der Waals surface area contributed by atoms with Gasteiger partial charge in [-0.05, 0) is 30.0 Å². The van der Waals surface area contributed by atoms with Crippen LogP contribution in [0.1, 0.15) is 10.4 Å². The number of hydrazine groups is 1. The third-order valence-corrected chi connectivity index (χ3v) is 3.39. The van der Waals surface area contributed by atoms with Gasteiger partial charge in [0.25, 0.3) is 0 Å². The Morgan fingerprint density at radius 2 is 2.22 bits per heavy atom. The van der Waals surface area contributed by atoms with Gasteiger partial charge in [-0.25, -0.2) is 10.2 Å². The average molecular weight is 266 g/mol. The number of hydrogen-bond donors (Lipinski definition) is 1. The fourth-order valence-corrected chi connectivity index (χ4v) is 2.32. The Balaban J connectivity index is 2.25. The molecule has 3 nitrogen and oxygen atoms in total. The van der Waals surface area contributed by atoms with Crippen molar-refractivity contribution in [1.29, 1.82) is 0 Å². The second-order valence-electron chi connectivity index (χ2n) is 4.05. The van der Waals surface area contributed by atoms with Crippen LogP contribution in [-0.4, -0.2) is 7.05 Å². The Kier molecular flexibility index (Phi) is 3.84. The molecule has 0 aliphatic rings. The van der Waals surface area contributed by atoms with Crippen molar-refractivity contribution in [2.45, 2.75) is 13.5 Å². The molecular weight excluding hydrogens is 251 g/mol. The van der Waals surface area contributed by atoms with E-state index in [4.69, 9.17) is 10.6 Å². The first-order chi connectivity index (χ1) is 8.58. The third-order valence-electron chi connectivity index (χ3n) is 2.54. The summed E-state index contributed by atoms with van der Waals surface area (Å²) < 4.78 is 19.1. The van der Waals surface area contributed by atoms with Gasteiger partial charge in [-0.3, -0.25) is 0 Å². The van der Waals surface area contributed by atoms with Gasteiger partial charge in [-0.15, -0.1) is 11.3 Å². The van der Waals surface area contributed by atoms with Crippen molar-refractivity contribution in [2.75, 3.05) is 12.1 Å². The van der Waals surface area contributed by atoms with E-state index in [0.29, 0.717) is 18.0 Å². The van der Waals surface area contributed by atoms with Crippen molar-refractivity contribution in [2.24, 2.45) is 5.84 Å². The Labute approximate surface area is 110 Å². The Morgan fingerprint density at radius 1 is 1.44 bits per heavy atom. The summed E-state index contributed by atoms with van der Waals surface area (Å²) in [7, 11) is 1.66. The van der Waals surface area contributed by atoms with E-state index in [2.05, 4.69) is 0 Å². The fraction of sp³-hybridized carbons (Fsp3) is 0.231. The van der Waals surface area contributed by atoms with E-state index in [1.54, 1.807) is 25.3 Å². The number of thiophene rings is 1. The quantitative estimate of drug-likeness (QED) is 0.682. The summed E-state index contributed by atoms with van der Waals surface area (Å²) in [6.07, 6.45) is 0. The normalized spacial score (nSPS) is 10.4. The minimum absolute atomic E-state index is 0.316. The number of anilines is 1. The number of nitrogens with two attached hydrogens (primary N) is 1. The predicted molar refractivity (Wildman–Crippen MR) is 72.4 cm³/mol. The van der Waals surface area contributed by atoms with Crippen LogP contribution in [-0.2, 0) is 6.61 Å². The average Bonchev–Trinajstić information content (AvgIpc) is 2.79. The molecule has 18 heavy (non-hydrogen) atoms. The van der Waals surface area contributed by atoms with E-state index in [1.165, 1.54) is 17.1 Å². The topological polar surface area (TPSA) is 38.5 Å². The number of ether oxygens (including phenoxy) is 1. The molecule has 0 fully saturated rings. The molecule has 5 heteroatoms.